The van der Waals surface area contributed by atoms with Crippen LogP contribution in [0, 0.1) is 0 Å². The van der Waals surface area contributed by atoms with Gasteiger partial charge in [0.1, 0.15) is 5.75 Å². The van der Waals surface area contributed by atoms with Crippen LogP contribution in [0.25, 0.3) is 0 Å². The Bertz CT molecular complexity index is 685. The van der Waals surface area contributed by atoms with Crippen molar-refractivity contribution in [1.82, 2.24) is 0 Å². The molecule has 7 heteroatoms. The molecular weight excluding hydrogens is 356 g/mol. The first-order valence-electron chi connectivity index (χ1n) is 6.00. The van der Waals surface area contributed by atoms with Crippen molar-refractivity contribution in [1.29, 1.82) is 0 Å². The lowest BCUT2D eigenvalue weighted by atomic mass is 10.2. The minimum absolute atomic E-state index is 0.181. The van der Waals surface area contributed by atoms with Gasteiger partial charge >= 0.3 is 0 Å². The second-order valence-corrected chi connectivity index (χ2v) is 6.48. The minimum Gasteiger partial charge on any atom is -0.495 e. The quantitative estimate of drug-likeness (QED) is 0.863. The van der Waals surface area contributed by atoms with Gasteiger partial charge in [0.05, 0.1) is 22.1 Å². The van der Waals surface area contributed by atoms with Crippen LogP contribution in [0.3, 0.4) is 0 Å². The van der Waals surface area contributed by atoms with Gasteiger partial charge in [0.25, 0.3) is 5.91 Å². The van der Waals surface area contributed by atoms with Crippen LogP contribution in [-0.4, -0.2) is 18.9 Å². The summed E-state index contributed by atoms with van der Waals surface area (Å²) >= 11 is 4.75. The maximum atomic E-state index is 12.2. The highest BCUT2D eigenvalue weighted by molar-refractivity contribution is 9.11. The zero-order valence-electron chi connectivity index (χ0n) is 11.4. The molecule has 0 aliphatic heterocycles. The van der Waals surface area contributed by atoms with Crippen LogP contribution in [0.15, 0.2) is 33.4 Å². The first-order valence-corrected chi connectivity index (χ1v) is 7.68. The van der Waals surface area contributed by atoms with Crippen LogP contribution in [0.1, 0.15) is 17.3 Å². The summed E-state index contributed by atoms with van der Waals surface area (Å²) in [6, 6.07) is 6.78. The highest BCUT2D eigenvalue weighted by atomic mass is 79.9. The predicted molar refractivity (Wildman–Crippen MR) is 87.3 cm³/mol. The summed E-state index contributed by atoms with van der Waals surface area (Å²) in [5.41, 5.74) is 1.64. The third kappa shape index (κ3) is 4.05. The normalized spacial score (nSPS) is 10.0. The fourth-order valence-corrected chi connectivity index (χ4v) is 2.85. The van der Waals surface area contributed by atoms with E-state index >= 15 is 0 Å². The fourth-order valence-electron chi connectivity index (χ4n) is 1.71. The molecule has 2 rings (SSSR count). The molecule has 0 atom stereocenters. The molecule has 0 radical (unpaired) electrons. The monoisotopic (exact) mass is 368 g/mol. The second-order valence-electron chi connectivity index (χ2n) is 4.19. The largest absolute Gasteiger partial charge is 0.495 e. The Kier molecular flexibility index (Phi) is 4.98. The van der Waals surface area contributed by atoms with Crippen molar-refractivity contribution >= 4 is 50.5 Å². The van der Waals surface area contributed by atoms with Gasteiger partial charge in [0, 0.05) is 18.0 Å². The van der Waals surface area contributed by atoms with E-state index in [9.17, 15) is 9.59 Å². The molecule has 0 saturated carbocycles. The van der Waals surface area contributed by atoms with Crippen LogP contribution in [0.2, 0.25) is 0 Å². The predicted octanol–water partition coefficient (Wildman–Crippen LogP) is 3.73. The molecule has 2 amide bonds. The van der Waals surface area contributed by atoms with Gasteiger partial charge in [0.2, 0.25) is 5.91 Å². The van der Waals surface area contributed by atoms with E-state index in [1.165, 1.54) is 25.4 Å². The number of carbonyl (C=O) groups excluding carboxylic acids is 2. The number of anilines is 2. The van der Waals surface area contributed by atoms with Crippen molar-refractivity contribution in [3.05, 3.63) is 39.0 Å². The van der Waals surface area contributed by atoms with E-state index in [1.807, 2.05) is 0 Å². The summed E-state index contributed by atoms with van der Waals surface area (Å²) < 4.78 is 6.09. The Hall–Kier alpha value is -1.86. The zero-order valence-corrected chi connectivity index (χ0v) is 13.8. The Labute approximate surface area is 134 Å². The number of hydrogen-bond donors (Lipinski definition) is 2. The van der Waals surface area contributed by atoms with Gasteiger partial charge in [-0.1, -0.05) is 0 Å². The Balaban J connectivity index is 2.24. The van der Waals surface area contributed by atoms with Crippen molar-refractivity contribution in [3.63, 3.8) is 0 Å². The number of amides is 2. The van der Waals surface area contributed by atoms with E-state index in [-0.39, 0.29) is 11.8 Å². The van der Waals surface area contributed by atoms with Crippen LogP contribution in [0.4, 0.5) is 11.4 Å². The standard InChI is InChI=1S/C14H13BrN2O3S/c1-8(18)16-10-3-4-12(20-2)11(6-10)17-14(19)9-5-13(15)21-7-9/h3-7H,1-2H3,(H,16,18)(H,17,19). The fraction of sp³-hybridized carbons (Fsp3) is 0.143. The molecule has 0 bridgehead atoms. The average molecular weight is 369 g/mol. The van der Waals surface area contributed by atoms with Gasteiger partial charge in [-0.3, -0.25) is 9.59 Å². The van der Waals surface area contributed by atoms with E-state index < -0.39 is 0 Å². The van der Waals surface area contributed by atoms with E-state index in [0.717, 1.165) is 3.79 Å². The van der Waals surface area contributed by atoms with E-state index in [4.69, 9.17) is 4.74 Å². The van der Waals surface area contributed by atoms with Crippen molar-refractivity contribution < 1.29 is 14.3 Å². The Morgan fingerprint density at radius 2 is 2.00 bits per heavy atom. The molecule has 1 aromatic heterocycles. The molecule has 1 heterocycles. The molecule has 5 nitrogen and oxygen atoms in total. The lowest BCUT2D eigenvalue weighted by molar-refractivity contribution is -0.114. The number of thiophene rings is 1. The molecule has 1 aromatic carbocycles. The molecule has 110 valence electrons. The van der Waals surface area contributed by atoms with E-state index in [0.29, 0.717) is 22.7 Å². The highest BCUT2D eigenvalue weighted by Crippen LogP contribution is 2.29. The number of rotatable bonds is 4. The lowest BCUT2D eigenvalue weighted by Gasteiger charge is -2.12. The SMILES string of the molecule is COc1ccc(NC(C)=O)cc1NC(=O)c1csc(Br)c1. The van der Waals surface area contributed by atoms with Crippen molar-refractivity contribution in [2.45, 2.75) is 6.92 Å². The molecule has 0 unspecified atom stereocenters. The number of halogens is 1. The van der Waals surface area contributed by atoms with Gasteiger partial charge in [-0.15, -0.1) is 11.3 Å². The van der Waals surface area contributed by atoms with Gasteiger partial charge in [0.15, 0.2) is 0 Å². The first kappa shape index (κ1) is 15.5. The van der Waals surface area contributed by atoms with Crippen molar-refractivity contribution in [2.24, 2.45) is 0 Å². The number of hydrogen-bond acceptors (Lipinski definition) is 4. The maximum Gasteiger partial charge on any atom is 0.256 e. The molecule has 0 aliphatic rings. The molecule has 0 spiro atoms. The number of benzene rings is 1. The summed E-state index contributed by atoms with van der Waals surface area (Å²) in [7, 11) is 1.52. The summed E-state index contributed by atoms with van der Waals surface area (Å²) in [6.45, 7) is 1.42. The first-order chi connectivity index (χ1) is 9.99. The Morgan fingerprint density at radius 1 is 1.24 bits per heavy atom. The second kappa shape index (κ2) is 6.73. The topological polar surface area (TPSA) is 67.4 Å². The Morgan fingerprint density at radius 3 is 2.57 bits per heavy atom. The molecular formula is C14H13BrN2O3S. The number of carbonyl (C=O) groups is 2. The molecule has 0 saturated heterocycles. The summed E-state index contributed by atoms with van der Waals surface area (Å²) in [6.07, 6.45) is 0. The van der Waals surface area contributed by atoms with Crippen LogP contribution < -0.4 is 15.4 Å². The third-order valence-corrected chi connectivity index (χ3v) is 4.10. The zero-order chi connectivity index (χ0) is 15.4. The summed E-state index contributed by atoms with van der Waals surface area (Å²) in [5, 5.41) is 7.19. The molecule has 2 aromatic rings. The molecule has 21 heavy (non-hydrogen) atoms. The number of ether oxygens (including phenoxy) is 1. The highest BCUT2D eigenvalue weighted by Gasteiger charge is 2.12. The smallest absolute Gasteiger partial charge is 0.256 e. The lowest BCUT2D eigenvalue weighted by Crippen LogP contribution is -2.12. The van der Waals surface area contributed by atoms with Crippen molar-refractivity contribution in [3.8, 4) is 5.75 Å². The molecule has 0 fully saturated rings. The average Bonchev–Trinajstić information content (AvgIpc) is 2.85. The van der Waals surface area contributed by atoms with Crippen LogP contribution >= 0.6 is 27.3 Å². The van der Waals surface area contributed by atoms with Gasteiger partial charge in [-0.25, -0.2) is 0 Å². The van der Waals surface area contributed by atoms with Gasteiger partial charge < -0.3 is 15.4 Å². The van der Waals surface area contributed by atoms with E-state index in [2.05, 4.69) is 26.6 Å². The minimum atomic E-state index is -0.241. The summed E-state index contributed by atoms with van der Waals surface area (Å²) in [5.74, 6) is 0.0983. The number of methoxy groups -OCH3 is 1. The number of nitrogens with one attached hydrogen (secondary N) is 2. The third-order valence-electron chi connectivity index (χ3n) is 2.60. The van der Waals surface area contributed by atoms with Crippen LogP contribution in [-0.2, 0) is 4.79 Å². The van der Waals surface area contributed by atoms with Crippen molar-refractivity contribution in [2.75, 3.05) is 17.7 Å². The van der Waals surface area contributed by atoms with Gasteiger partial charge in [-0.05, 0) is 40.2 Å². The van der Waals surface area contributed by atoms with Gasteiger partial charge in [-0.2, -0.15) is 0 Å². The molecule has 2 N–H and O–H groups in total. The summed E-state index contributed by atoms with van der Waals surface area (Å²) in [4.78, 5) is 23.3. The maximum absolute atomic E-state index is 12.2. The van der Waals surface area contributed by atoms with Crippen LogP contribution in [0.5, 0.6) is 5.75 Å². The molecule has 0 aliphatic carbocycles. The van der Waals surface area contributed by atoms with E-state index in [1.54, 1.807) is 29.6 Å².